The Morgan fingerprint density at radius 1 is 1.03 bits per heavy atom. The highest BCUT2D eigenvalue weighted by molar-refractivity contribution is 6.33. The lowest BCUT2D eigenvalue weighted by Gasteiger charge is -2.13. The molecule has 31 heavy (non-hydrogen) atoms. The van der Waals surface area contributed by atoms with Crippen LogP contribution >= 0.6 is 11.6 Å². The summed E-state index contributed by atoms with van der Waals surface area (Å²) >= 11 is 6.20. The van der Waals surface area contributed by atoms with Gasteiger partial charge in [0, 0.05) is 11.8 Å². The van der Waals surface area contributed by atoms with Crippen molar-refractivity contribution in [3.05, 3.63) is 95.0 Å². The Kier molecular flexibility index (Phi) is 5.87. The lowest BCUT2D eigenvalue weighted by molar-refractivity contribution is 0.102. The maximum Gasteiger partial charge on any atom is 0.259 e. The third-order valence-corrected chi connectivity index (χ3v) is 5.17. The minimum Gasteiger partial charge on any atom is -0.506 e. The van der Waals surface area contributed by atoms with Crippen molar-refractivity contribution in [2.24, 2.45) is 4.99 Å². The SMILES string of the molecule is COc1ccccc1NC(=O)c1cc2ccccc2c(C=Nc2ccccc2Cl)c1O. The summed E-state index contributed by atoms with van der Waals surface area (Å²) in [5, 5.41) is 15.9. The van der Waals surface area contributed by atoms with E-state index in [1.54, 1.807) is 36.4 Å². The number of aliphatic imine (C=N–C) groups is 1. The maximum atomic E-state index is 13.0. The fourth-order valence-corrected chi connectivity index (χ4v) is 3.48. The molecule has 2 N–H and O–H groups in total. The molecule has 0 aliphatic carbocycles. The molecule has 0 saturated carbocycles. The van der Waals surface area contributed by atoms with Crippen LogP contribution in [0, 0.1) is 0 Å². The van der Waals surface area contributed by atoms with Crippen LogP contribution in [0.15, 0.2) is 83.9 Å². The van der Waals surface area contributed by atoms with Crippen LogP contribution in [0.5, 0.6) is 11.5 Å². The van der Waals surface area contributed by atoms with Gasteiger partial charge in [0.25, 0.3) is 5.91 Å². The summed E-state index contributed by atoms with van der Waals surface area (Å²) in [5.41, 5.74) is 1.64. The number of nitrogens with zero attached hydrogens (tertiary/aromatic N) is 1. The van der Waals surface area contributed by atoms with E-state index < -0.39 is 5.91 Å². The number of halogens is 1. The van der Waals surface area contributed by atoms with Crippen LogP contribution in [0.1, 0.15) is 15.9 Å². The van der Waals surface area contributed by atoms with E-state index in [1.165, 1.54) is 13.3 Å². The topological polar surface area (TPSA) is 70.9 Å². The third-order valence-electron chi connectivity index (χ3n) is 4.85. The Hall–Kier alpha value is -3.83. The van der Waals surface area contributed by atoms with Crippen LogP contribution in [0.2, 0.25) is 5.02 Å². The average molecular weight is 431 g/mol. The Bertz CT molecular complexity index is 1300. The molecule has 1 amide bonds. The molecule has 4 rings (SSSR count). The summed E-state index contributed by atoms with van der Waals surface area (Å²) in [5.74, 6) is -0.0984. The molecule has 5 nitrogen and oxygen atoms in total. The van der Waals surface area contributed by atoms with Crippen LogP contribution in [0.3, 0.4) is 0 Å². The number of para-hydroxylation sites is 3. The zero-order chi connectivity index (χ0) is 21.8. The fourth-order valence-electron chi connectivity index (χ4n) is 3.30. The van der Waals surface area contributed by atoms with E-state index in [0.717, 1.165) is 10.8 Å². The number of benzene rings is 4. The molecule has 0 radical (unpaired) electrons. The number of rotatable bonds is 5. The molecular weight excluding hydrogens is 412 g/mol. The highest BCUT2D eigenvalue weighted by Gasteiger charge is 2.18. The first-order valence-corrected chi connectivity index (χ1v) is 9.94. The molecule has 0 aliphatic heterocycles. The predicted octanol–water partition coefficient (Wildman–Crippen LogP) is 6.21. The average Bonchev–Trinajstić information content (AvgIpc) is 2.79. The number of phenols is 1. The second kappa shape index (κ2) is 8.90. The Morgan fingerprint density at radius 2 is 1.74 bits per heavy atom. The molecule has 0 aliphatic rings. The van der Waals surface area contributed by atoms with Gasteiger partial charge in [-0.25, -0.2) is 0 Å². The van der Waals surface area contributed by atoms with Gasteiger partial charge in [-0.2, -0.15) is 0 Å². The standard InChI is InChI=1S/C25H19ClN2O3/c1-31-23-13-7-6-12-22(23)28-25(30)18-14-16-8-2-3-9-17(16)19(24(18)29)15-27-21-11-5-4-10-20(21)26/h2-15,29H,1H3,(H,28,30). The molecule has 0 unspecified atom stereocenters. The zero-order valence-electron chi connectivity index (χ0n) is 16.7. The van der Waals surface area contributed by atoms with Crippen LogP contribution in [0.4, 0.5) is 11.4 Å². The van der Waals surface area contributed by atoms with Crippen molar-refractivity contribution in [2.45, 2.75) is 0 Å². The Morgan fingerprint density at radius 3 is 2.55 bits per heavy atom. The van der Waals surface area contributed by atoms with E-state index in [0.29, 0.717) is 27.7 Å². The molecule has 4 aromatic carbocycles. The van der Waals surface area contributed by atoms with Gasteiger partial charge in [-0.15, -0.1) is 0 Å². The summed E-state index contributed by atoms with van der Waals surface area (Å²) in [6.45, 7) is 0. The highest BCUT2D eigenvalue weighted by atomic mass is 35.5. The van der Waals surface area contributed by atoms with Crippen LogP contribution in [0.25, 0.3) is 10.8 Å². The van der Waals surface area contributed by atoms with E-state index in [4.69, 9.17) is 16.3 Å². The van der Waals surface area contributed by atoms with Gasteiger partial charge < -0.3 is 15.2 Å². The van der Waals surface area contributed by atoms with E-state index >= 15 is 0 Å². The number of hydrogen-bond donors (Lipinski definition) is 2. The van der Waals surface area contributed by atoms with E-state index in [2.05, 4.69) is 10.3 Å². The molecule has 0 fully saturated rings. The normalized spacial score (nSPS) is 11.0. The molecule has 4 aromatic rings. The molecular formula is C25H19ClN2O3. The molecule has 0 saturated heterocycles. The third kappa shape index (κ3) is 4.22. The number of amides is 1. The molecule has 6 heteroatoms. The van der Waals surface area contributed by atoms with Crippen molar-refractivity contribution in [1.29, 1.82) is 0 Å². The first kappa shape index (κ1) is 20.4. The zero-order valence-corrected chi connectivity index (χ0v) is 17.4. The lowest BCUT2D eigenvalue weighted by atomic mass is 9.99. The number of anilines is 1. The molecule has 0 bridgehead atoms. The predicted molar refractivity (Wildman–Crippen MR) is 125 cm³/mol. The Balaban J connectivity index is 1.79. The van der Waals surface area contributed by atoms with Gasteiger partial charge in [-0.3, -0.25) is 9.79 Å². The largest absolute Gasteiger partial charge is 0.506 e. The van der Waals surface area contributed by atoms with Gasteiger partial charge in [-0.1, -0.05) is 60.1 Å². The summed E-state index contributed by atoms with van der Waals surface area (Å²) < 4.78 is 5.29. The number of ether oxygens (including phenoxy) is 1. The summed E-state index contributed by atoms with van der Waals surface area (Å²) in [4.78, 5) is 17.5. The van der Waals surface area contributed by atoms with Crippen LogP contribution in [-0.4, -0.2) is 24.3 Å². The molecule has 0 heterocycles. The van der Waals surface area contributed by atoms with Gasteiger partial charge in [0.1, 0.15) is 11.5 Å². The second-order valence-corrected chi connectivity index (χ2v) is 7.18. The fraction of sp³-hybridized carbons (Fsp3) is 0.0400. The van der Waals surface area contributed by atoms with Crippen LogP contribution < -0.4 is 10.1 Å². The maximum absolute atomic E-state index is 13.0. The van der Waals surface area contributed by atoms with Gasteiger partial charge in [0.2, 0.25) is 0 Å². The van der Waals surface area contributed by atoms with Crippen molar-refractivity contribution in [1.82, 2.24) is 0 Å². The summed E-state index contributed by atoms with van der Waals surface area (Å²) in [6, 6.07) is 23.4. The minimum atomic E-state index is -0.458. The number of methoxy groups -OCH3 is 1. The number of phenolic OH excluding ortho intramolecular Hbond substituents is 1. The summed E-state index contributed by atoms with van der Waals surface area (Å²) in [7, 11) is 1.53. The number of aromatic hydroxyl groups is 1. The number of carbonyl (C=O) groups is 1. The number of hydrogen-bond acceptors (Lipinski definition) is 4. The Labute approximate surface area is 184 Å². The quantitative estimate of drug-likeness (QED) is 0.370. The van der Waals surface area contributed by atoms with Gasteiger partial charge in [0.15, 0.2) is 0 Å². The second-order valence-electron chi connectivity index (χ2n) is 6.77. The highest BCUT2D eigenvalue weighted by Crippen LogP contribution is 2.33. The van der Waals surface area contributed by atoms with E-state index in [-0.39, 0.29) is 11.3 Å². The van der Waals surface area contributed by atoms with Gasteiger partial charge >= 0.3 is 0 Å². The van der Waals surface area contributed by atoms with Crippen molar-refractivity contribution in [2.75, 3.05) is 12.4 Å². The summed E-state index contributed by atoms with van der Waals surface area (Å²) in [6.07, 6.45) is 1.53. The van der Waals surface area contributed by atoms with Gasteiger partial charge in [-0.05, 0) is 41.1 Å². The molecule has 154 valence electrons. The first-order valence-electron chi connectivity index (χ1n) is 9.56. The van der Waals surface area contributed by atoms with E-state index in [9.17, 15) is 9.90 Å². The van der Waals surface area contributed by atoms with Crippen molar-refractivity contribution in [3.63, 3.8) is 0 Å². The number of carbonyl (C=O) groups excluding carboxylic acids is 1. The molecule has 0 atom stereocenters. The van der Waals surface area contributed by atoms with Crippen molar-refractivity contribution >= 4 is 45.9 Å². The number of nitrogens with one attached hydrogen (secondary N) is 1. The monoisotopic (exact) mass is 430 g/mol. The van der Waals surface area contributed by atoms with Crippen LogP contribution in [-0.2, 0) is 0 Å². The molecule has 0 aromatic heterocycles. The molecule has 0 spiro atoms. The van der Waals surface area contributed by atoms with Crippen molar-refractivity contribution < 1.29 is 14.6 Å². The number of fused-ring (bicyclic) bond motifs is 1. The first-order chi connectivity index (χ1) is 15.1. The minimum absolute atomic E-state index is 0.130. The van der Waals surface area contributed by atoms with Gasteiger partial charge in [0.05, 0.1) is 29.1 Å². The lowest BCUT2D eigenvalue weighted by Crippen LogP contribution is -2.13. The van der Waals surface area contributed by atoms with E-state index in [1.807, 2.05) is 42.5 Å². The smallest absolute Gasteiger partial charge is 0.259 e. The van der Waals surface area contributed by atoms with Crippen molar-refractivity contribution in [3.8, 4) is 11.5 Å².